The van der Waals surface area contributed by atoms with E-state index < -0.39 is 0 Å². The van der Waals surface area contributed by atoms with Gasteiger partial charge in [0, 0.05) is 36.0 Å². The molecule has 0 aliphatic rings. The molecule has 25 heavy (non-hydrogen) atoms. The molecule has 5 nitrogen and oxygen atoms in total. The predicted molar refractivity (Wildman–Crippen MR) is 118 cm³/mol. The molecule has 0 atom stereocenters. The van der Waals surface area contributed by atoms with Crippen LogP contribution in [0, 0.1) is 6.92 Å². The number of rotatable bonds is 9. The summed E-state index contributed by atoms with van der Waals surface area (Å²) in [5, 5.41) is 13.7. The molecule has 0 amide bonds. The van der Waals surface area contributed by atoms with E-state index >= 15 is 0 Å². The lowest BCUT2D eigenvalue weighted by Gasteiger charge is -2.11. The maximum atomic E-state index is 4.64. The number of thioether (sulfide) groups is 1. The van der Waals surface area contributed by atoms with Crippen molar-refractivity contribution in [3.63, 3.8) is 0 Å². The fraction of sp³-hybridized carbons (Fsp3) is 0.444. The van der Waals surface area contributed by atoms with Gasteiger partial charge in [0.05, 0.1) is 6.20 Å². The number of guanidine groups is 1. The van der Waals surface area contributed by atoms with Gasteiger partial charge in [-0.25, -0.2) is 0 Å². The maximum Gasteiger partial charge on any atom is 0.191 e. The molecule has 2 rings (SSSR count). The van der Waals surface area contributed by atoms with E-state index in [2.05, 4.69) is 63.9 Å². The van der Waals surface area contributed by atoms with E-state index in [1.165, 1.54) is 10.5 Å². The molecule has 1 aromatic heterocycles. The number of hydrogen-bond acceptors (Lipinski definition) is 3. The van der Waals surface area contributed by atoms with Gasteiger partial charge in [0.25, 0.3) is 0 Å². The highest BCUT2D eigenvalue weighted by Gasteiger charge is 2.01. The molecule has 0 unspecified atom stereocenters. The number of aryl methyl sites for hydroxylation is 2. The summed E-state index contributed by atoms with van der Waals surface area (Å²) in [5.74, 6) is 1.91. The van der Waals surface area contributed by atoms with Crippen LogP contribution in [0.1, 0.15) is 24.6 Å². The first-order chi connectivity index (χ1) is 11.8. The van der Waals surface area contributed by atoms with Gasteiger partial charge in [-0.1, -0.05) is 18.2 Å². The third-order valence-corrected chi connectivity index (χ3v) is 4.57. The Bertz CT molecular complexity index is 615. The minimum Gasteiger partial charge on any atom is -0.357 e. The van der Waals surface area contributed by atoms with Crippen molar-refractivity contribution in [1.29, 1.82) is 0 Å². The lowest BCUT2D eigenvalue weighted by molar-refractivity contribution is 0.794. The quantitative estimate of drug-likeness (QED) is 0.171. The van der Waals surface area contributed by atoms with Gasteiger partial charge in [-0.2, -0.15) is 5.10 Å². The standard InChI is InChI=1S/C18H27N5S.HI/c1-3-19-18(20-11-7-8-16-14-22-23-15(16)2)21-12-13-24-17-9-5-4-6-10-17;/h4-6,9-10,14H,3,7-8,11-13H2,1-2H3,(H,22,23)(H2,19,20,21);1H. The zero-order valence-electron chi connectivity index (χ0n) is 14.9. The van der Waals surface area contributed by atoms with Crippen LogP contribution in [-0.2, 0) is 6.42 Å². The number of H-pyrrole nitrogens is 1. The summed E-state index contributed by atoms with van der Waals surface area (Å²) < 4.78 is 0. The van der Waals surface area contributed by atoms with Crippen LogP contribution in [0.25, 0.3) is 0 Å². The molecule has 0 saturated carbocycles. The number of nitrogens with zero attached hydrogens (tertiary/aromatic N) is 2. The normalized spacial score (nSPS) is 11.0. The lowest BCUT2D eigenvalue weighted by Crippen LogP contribution is -2.38. The number of halogens is 1. The van der Waals surface area contributed by atoms with E-state index in [1.54, 1.807) is 0 Å². The molecule has 1 aromatic carbocycles. The fourth-order valence-electron chi connectivity index (χ4n) is 2.28. The lowest BCUT2D eigenvalue weighted by atomic mass is 10.1. The second-order valence-electron chi connectivity index (χ2n) is 5.47. The predicted octanol–water partition coefficient (Wildman–Crippen LogP) is 3.62. The number of benzene rings is 1. The van der Waals surface area contributed by atoms with Crippen LogP contribution in [0.2, 0.25) is 0 Å². The summed E-state index contributed by atoms with van der Waals surface area (Å²) in [6.07, 6.45) is 3.94. The Morgan fingerprint density at radius 1 is 1.24 bits per heavy atom. The Kier molecular flexibility index (Phi) is 11.4. The molecule has 0 fully saturated rings. The van der Waals surface area contributed by atoms with E-state index in [0.29, 0.717) is 0 Å². The average molecular weight is 473 g/mol. The van der Waals surface area contributed by atoms with Crippen molar-refractivity contribution in [3.8, 4) is 0 Å². The molecule has 1 heterocycles. The van der Waals surface area contributed by atoms with E-state index in [-0.39, 0.29) is 24.0 Å². The van der Waals surface area contributed by atoms with Crippen LogP contribution in [0.15, 0.2) is 46.4 Å². The highest BCUT2D eigenvalue weighted by atomic mass is 127. The number of nitrogens with one attached hydrogen (secondary N) is 3. The molecule has 0 radical (unpaired) electrons. The molecule has 0 saturated heterocycles. The highest BCUT2D eigenvalue weighted by molar-refractivity contribution is 14.0. The van der Waals surface area contributed by atoms with Gasteiger partial charge < -0.3 is 10.6 Å². The van der Waals surface area contributed by atoms with Crippen LogP contribution >= 0.6 is 35.7 Å². The zero-order valence-corrected chi connectivity index (χ0v) is 18.1. The Morgan fingerprint density at radius 3 is 2.72 bits per heavy atom. The molecule has 0 aliphatic carbocycles. The topological polar surface area (TPSA) is 65.1 Å². The van der Waals surface area contributed by atoms with Crippen molar-refractivity contribution in [2.75, 3.05) is 25.4 Å². The zero-order chi connectivity index (χ0) is 17.0. The first kappa shape index (κ1) is 21.8. The molecular formula is C18H28IN5S. The monoisotopic (exact) mass is 473 g/mol. The van der Waals surface area contributed by atoms with Gasteiger partial charge in [0.2, 0.25) is 0 Å². The van der Waals surface area contributed by atoms with E-state index in [1.807, 2.05) is 24.0 Å². The first-order valence-corrected chi connectivity index (χ1v) is 9.47. The van der Waals surface area contributed by atoms with Crippen LogP contribution in [0.5, 0.6) is 0 Å². The number of aliphatic imine (C=N–C) groups is 1. The Morgan fingerprint density at radius 2 is 2.04 bits per heavy atom. The third kappa shape index (κ3) is 8.62. The van der Waals surface area contributed by atoms with Crippen molar-refractivity contribution in [1.82, 2.24) is 20.8 Å². The smallest absolute Gasteiger partial charge is 0.191 e. The van der Waals surface area contributed by atoms with E-state index in [4.69, 9.17) is 0 Å². The molecule has 0 bridgehead atoms. The second-order valence-corrected chi connectivity index (χ2v) is 6.64. The molecule has 2 aromatic rings. The van der Waals surface area contributed by atoms with Crippen LogP contribution in [0.3, 0.4) is 0 Å². The molecule has 7 heteroatoms. The molecule has 3 N–H and O–H groups in total. The average Bonchev–Trinajstić information content (AvgIpc) is 3.01. The number of aromatic amines is 1. The third-order valence-electron chi connectivity index (χ3n) is 3.56. The summed E-state index contributed by atoms with van der Waals surface area (Å²) in [6, 6.07) is 10.5. The fourth-order valence-corrected chi connectivity index (χ4v) is 3.07. The minimum atomic E-state index is 0. The highest BCUT2D eigenvalue weighted by Crippen LogP contribution is 2.15. The van der Waals surface area contributed by atoms with Gasteiger partial charge in [-0.05, 0) is 44.4 Å². The van der Waals surface area contributed by atoms with Crippen LogP contribution in [-0.4, -0.2) is 41.5 Å². The van der Waals surface area contributed by atoms with Gasteiger partial charge >= 0.3 is 0 Å². The van der Waals surface area contributed by atoms with Crippen LogP contribution in [0.4, 0.5) is 0 Å². The van der Waals surface area contributed by atoms with Crippen molar-refractivity contribution < 1.29 is 0 Å². The number of aromatic nitrogens is 2. The largest absolute Gasteiger partial charge is 0.357 e. The van der Waals surface area contributed by atoms with Crippen molar-refractivity contribution >= 4 is 41.7 Å². The summed E-state index contributed by atoms with van der Waals surface area (Å²) >= 11 is 1.85. The summed E-state index contributed by atoms with van der Waals surface area (Å²) in [5.41, 5.74) is 2.43. The Hall–Kier alpha value is -1.22. The van der Waals surface area contributed by atoms with Crippen LogP contribution < -0.4 is 10.6 Å². The summed E-state index contributed by atoms with van der Waals surface area (Å²) in [7, 11) is 0. The number of hydrogen-bond donors (Lipinski definition) is 3. The first-order valence-electron chi connectivity index (χ1n) is 8.48. The van der Waals surface area contributed by atoms with Gasteiger partial charge in [-0.15, -0.1) is 35.7 Å². The van der Waals surface area contributed by atoms with Crippen molar-refractivity contribution in [3.05, 3.63) is 47.8 Å². The molecule has 0 spiro atoms. The van der Waals surface area contributed by atoms with E-state index in [0.717, 1.165) is 49.9 Å². The Balaban J connectivity index is 0.00000312. The minimum absolute atomic E-state index is 0. The maximum absolute atomic E-state index is 4.64. The van der Waals surface area contributed by atoms with Crippen molar-refractivity contribution in [2.45, 2.75) is 31.6 Å². The molecule has 0 aliphatic heterocycles. The van der Waals surface area contributed by atoms with Gasteiger partial charge in [0.15, 0.2) is 5.96 Å². The second kappa shape index (κ2) is 13.0. The molecular weight excluding hydrogens is 445 g/mol. The van der Waals surface area contributed by atoms with Crippen molar-refractivity contribution in [2.24, 2.45) is 4.99 Å². The van der Waals surface area contributed by atoms with Gasteiger partial charge in [-0.3, -0.25) is 10.1 Å². The Labute approximate surface area is 171 Å². The SMILES string of the molecule is CCNC(=NCCCc1cn[nH]c1C)NCCSc1ccccc1.I. The summed E-state index contributed by atoms with van der Waals surface area (Å²) in [6.45, 7) is 6.73. The summed E-state index contributed by atoms with van der Waals surface area (Å²) in [4.78, 5) is 5.94. The van der Waals surface area contributed by atoms with Gasteiger partial charge in [0.1, 0.15) is 0 Å². The van der Waals surface area contributed by atoms with E-state index in [9.17, 15) is 0 Å². The molecule has 138 valence electrons.